The maximum atomic E-state index is 12.0. The van der Waals surface area contributed by atoms with Gasteiger partial charge in [0.25, 0.3) is 11.6 Å². The van der Waals surface area contributed by atoms with E-state index < -0.39 is 10.8 Å². The van der Waals surface area contributed by atoms with E-state index in [0.29, 0.717) is 14.5 Å². The summed E-state index contributed by atoms with van der Waals surface area (Å²) in [5.41, 5.74) is 2.13. The van der Waals surface area contributed by atoms with E-state index in [1.807, 2.05) is 0 Å². The van der Waals surface area contributed by atoms with Crippen LogP contribution in [0.5, 0.6) is 5.75 Å². The van der Waals surface area contributed by atoms with Crippen molar-refractivity contribution in [2.45, 2.75) is 0 Å². The van der Waals surface area contributed by atoms with Crippen LogP contribution in [0.15, 0.2) is 50.4 Å². The molecule has 1 amide bonds. The highest BCUT2D eigenvalue weighted by Crippen LogP contribution is 2.30. The quantitative estimate of drug-likeness (QED) is 0.356. The first-order chi connectivity index (χ1) is 11.9. The Labute approximate surface area is 159 Å². The minimum absolute atomic E-state index is 0.0445. The lowest BCUT2D eigenvalue weighted by Gasteiger charge is -2.03. The molecule has 2 rings (SSSR count). The number of benzene rings is 2. The third-order valence-electron chi connectivity index (χ3n) is 2.77. The topological polar surface area (TPSA) is 125 Å². The van der Waals surface area contributed by atoms with E-state index in [4.69, 9.17) is 5.11 Å². The molecule has 0 aliphatic rings. The SMILES string of the molecule is CO.O=C(N/N=C/c1cc(Br)cc(Br)c1O)c1ccccc1[N+](=O)[O-]. The van der Waals surface area contributed by atoms with Crippen molar-refractivity contribution in [3.63, 3.8) is 0 Å². The molecule has 25 heavy (non-hydrogen) atoms. The van der Waals surface area contributed by atoms with Crippen LogP contribution in [0, 0.1) is 10.1 Å². The molecule has 3 N–H and O–H groups in total. The number of hydrazone groups is 1. The van der Waals surface area contributed by atoms with Gasteiger partial charge in [-0.2, -0.15) is 5.10 Å². The van der Waals surface area contributed by atoms with Crippen molar-refractivity contribution >= 4 is 49.7 Å². The van der Waals surface area contributed by atoms with Crippen molar-refractivity contribution in [2.75, 3.05) is 7.11 Å². The van der Waals surface area contributed by atoms with E-state index in [9.17, 15) is 20.0 Å². The molecule has 0 saturated carbocycles. The van der Waals surface area contributed by atoms with E-state index in [-0.39, 0.29) is 17.0 Å². The van der Waals surface area contributed by atoms with Crippen molar-refractivity contribution in [1.29, 1.82) is 0 Å². The number of phenolic OH excluding ortho intramolecular Hbond substituents is 1. The van der Waals surface area contributed by atoms with E-state index in [2.05, 4.69) is 42.4 Å². The number of para-hydroxylation sites is 1. The van der Waals surface area contributed by atoms with Crippen LogP contribution < -0.4 is 5.43 Å². The zero-order chi connectivity index (χ0) is 19.0. The van der Waals surface area contributed by atoms with Gasteiger partial charge < -0.3 is 10.2 Å². The van der Waals surface area contributed by atoms with Gasteiger partial charge in [-0.15, -0.1) is 0 Å². The summed E-state index contributed by atoms with van der Waals surface area (Å²) in [5, 5.41) is 31.5. The Bertz CT molecular complexity index is 812. The van der Waals surface area contributed by atoms with Crippen LogP contribution in [0.3, 0.4) is 0 Å². The van der Waals surface area contributed by atoms with Crippen LogP contribution in [-0.2, 0) is 0 Å². The summed E-state index contributed by atoms with van der Waals surface area (Å²) in [6.45, 7) is 0. The number of nitro groups is 1. The number of nitrogens with one attached hydrogen (secondary N) is 1. The predicted octanol–water partition coefficient (Wildman–Crippen LogP) is 3.20. The molecule has 0 saturated heterocycles. The molecule has 0 spiro atoms. The summed E-state index contributed by atoms with van der Waals surface area (Å²) in [6, 6.07) is 8.80. The average molecular weight is 475 g/mol. The highest BCUT2D eigenvalue weighted by atomic mass is 79.9. The summed E-state index contributed by atoms with van der Waals surface area (Å²) in [6.07, 6.45) is 1.23. The van der Waals surface area contributed by atoms with Gasteiger partial charge in [0.15, 0.2) is 0 Å². The number of aromatic hydroxyl groups is 1. The van der Waals surface area contributed by atoms with Crippen LogP contribution in [0.1, 0.15) is 15.9 Å². The second-order valence-electron chi connectivity index (χ2n) is 4.30. The second-order valence-corrected chi connectivity index (χ2v) is 6.07. The lowest BCUT2D eigenvalue weighted by Crippen LogP contribution is -2.18. The highest BCUT2D eigenvalue weighted by Gasteiger charge is 2.18. The molecular weight excluding hydrogens is 462 g/mol. The molecule has 0 unspecified atom stereocenters. The first-order valence-electron chi connectivity index (χ1n) is 6.59. The minimum Gasteiger partial charge on any atom is -0.506 e. The smallest absolute Gasteiger partial charge is 0.282 e. The summed E-state index contributed by atoms with van der Waals surface area (Å²) < 4.78 is 1.16. The van der Waals surface area contributed by atoms with Gasteiger partial charge in [0.2, 0.25) is 0 Å². The van der Waals surface area contributed by atoms with Gasteiger partial charge in [0, 0.05) is 23.2 Å². The van der Waals surface area contributed by atoms with Crippen LogP contribution in [0.25, 0.3) is 0 Å². The van der Waals surface area contributed by atoms with Crippen molar-refractivity contribution in [1.82, 2.24) is 5.43 Å². The first kappa shape index (κ1) is 20.7. The molecular formula is C15H13Br2N3O5. The van der Waals surface area contributed by atoms with Gasteiger partial charge in [-0.05, 0) is 34.1 Å². The number of hydrogen-bond acceptors (Lipinski definition) is 6. The molecule has 0 radical (unpaired) electrons. The van der Waals surface area contributed by atoms with Gasteiger partial charge in [0.05, 0.1) is 15.6 Å². The standard InChI is InChI=1S/C14H9Br2N3O4.CH4O/c15-9-5-8(13(20)11(16)6-9)7-17-18-14(21)10-3-1-2-4-12(10)19(22)23;1-2/h1-7,20H,(H,18,21);2H,1H3/b17-7+;. The minimum atomic E-state index is -0.720. The third-order valence-corrected chi connectivity index (χ3v) is 3.84. The Hall–Kier alpha value is -2.30. The number of aliphatic hydroxyl groups is 1. The third kappa shape index (κ3) is 5.62. The van der Waals surface area contributed by atoms with E-state index in [0.717, 1.165) is 7.11 Å². The van der Waals surface area contributed by atoms with Crippen LogP contribution in [0.2, 0.25) is 0 Å². The Kier molecular flexibility index (Phi) is 8.19. The summed E-state index contributed by atoms with van der Waals surface area (Å²) in [7, 11) is 1.00. The van der Waals surface area contributed by atoms with Gasteiger partial charge >= 0.3 is 0 Å². The summed E-state index contributed by atoms with van der Waals surface area (Å²) in [5.74, 6) is -0.765. The molecule has 2 aromatic rings. The number of rotatable bonds is 4. The zero-order valence-corrected chi connectivity index (χ0v) is 16.0. The molecule has 2 aromatic carbocycles. The van der Waals surface area contributed by atoms with Crippen molar-refractivity contribution in [2.24, 2.45) is 5.10 Å². The molecule has 0 heterocycles. The maximum Gasteiger partial charge on any atom is 0.282 e. The van der Waals surface area contributed by atoms with Gasteiger partial charge in [-0.3, -0.25) is 14.9 Å². The van der Waals surface area contributed by atoms with Crippen LogP contribution in [0.4, 0.5) is 5.69 Å². The molecule has 0 atom stereocenters. The van der Waals surface area contributed by atoms with Crippen molar-refractivity contribution in [3.8, 4) is 5.75 Å². The zero-order valence-electron chi connectivity index (χ0n) is 12.8. The number of aliphatic hydroxyl groups excluding tert-OH is 1. The molecule has 0 bridgehead atoms. The predicted molar refractivity (Wildman–Crippen MR) is 99.8 cm³/mol. The fourth-order valence-electron chi connectivity index (χ4n) is 1.73. The van der Waals surface area contributed by atoms with E-state index in [1.54, 1.807) is 12.1 Å². The lowest BCUT2D eigenvalue weighted by molar-refractivity contribution is -0.385. The summed E-state index contributed by atoms with van der Waals surface area (Å²) >= 11 is 6.44. The highest BCUT2D eigenvalue weighted by molar-refractivity contribution is 9.11. The van der Waals surface area contributed by atoms with Crippen LogP contribution in [-0.4, -0.2) is 34.4 Å². The Morgan fingerprint density at radius 1 is 1.28 bits per heavy atom. The number of phenols is 1. The normalized spacial score (nSPS) is 10.1. The Morgan fingerprint density at radius 2 is 1.92 bits per heavy atom. The lowest BCUT2D eigenvalue weighted by atomic mass is 10.2. The molecule has 0 aliphatic carbocycles. The number of carbonyl (C=O) groups excluding carboxylic acids is 1. The molecule has 10 heteroatoms. The molecule has 0 aromatic heterocycles. The Morgan fingerprint density at radius 3 is 2.56 bits per heavy atom. The molecule has 132 valence electrons. The van der Waals surface area contributed by atoms with Crippen molar-refractivity contribution < 1.29 is 19.9 Å². The Balaban J connectivity index is 0.00000151. The van der Waals surface area contributed by atoms with Crippen LogP contribution >= 0.6 is 31.9 Å². The number of carbonyl (C=O) groups is 1. The molecule has 8 nitrogen and oxygen atoms in total. The van der Waals surface area contributed by atoms with Crippen molar-refractivity contribution in [3.05, 3.63) is 66.6 Å². The number of nitrogens with zero attached hydrogens (tertiary/aromatic N) is 2. The average Bonchev–Trinajstić information content (AvgIpc) is 2.60. The molecule has 0 fully saturated rings. The monoisotopic (exact) mass is 473 g/mol. The molecule has 0 aliphatic heterocycles. The largest absolute Gasteiger partial charge is 0.506 e. The number of amides is 1. The number of halogens is 2. The van der Waals surface area contributed by atoms with E-state index in [1.165, 1.54) is 30.5 Å². The maximum absolute atomic E-state index is 12.0. The second kappa shape index (κ2) is 9.87. The van der Waals surface area contributed by atoms with Gasteiger partial charge in [-0.1, -0.05) is 28.1 Å². The fraction of sp³-hybridized carbons (Fsp3) is 0.0667. The number of nitro benzene ring substituents is 1. The van der Waals surface area contributed by atoms with Gasteiger partial charge in [-0.25, -0.2) is 5.43 Å². The van der Waals surface area contributed by atoms with Gasteiger partial charge in [0.1, 0.15) is 11.3 Å². The first-order valence-corrected chi connectivity index (χ1v) is 8.18. The van der Waals surface area contributed by atoms with E-state index >= 15 is 0 Å². The fourth-order valence-corrected chi connectivity index (χ4v) is 2.99. The number of hydrogen-bond donors (Lipinski definition) is 3. The summed E-state index contributed by atoms with van der Waals surface area (Å²) in [4.78, 5) is 22.2.